The van der Waals surface area contributed by atoms with E-state index >= 15 is 0 Å². The molecule has 7 nitrogen and oxygen atoms in total. The summed E-state index contributed by atoms with van der Waals surface area (Å²) in [7, 11) is 0. The van der Waals surface area contributed by atoms with Crippen LogP contribution in [0.4, 0.5) is 4.79 Å². The van der Waals surface area contributed by atoms with Crippen molar-refractivity contribution in [1.29, 1.82) is 0 Å². The summed E-state index contributed by atoms with van der Waals surface area (Å²) in [4.78, 5) is 36.9. The van der Waals surface area contributed by atoms with Gasteiger partial charge in [-0.3, -0.25) is 4.79 Å². The summed E-state index contributed by atoms with van der Waals surface area (Å²) in [6.07, 6.45) is 1.75. The minimum atomic E-state index is -1.22. The lowest BCUT2D eigenvalue weighted by Crippen LogP contribution is -2.57. The third-order valence-electron chi connectivity index (χ3n) is 7.12. The van der Waals surface area contributed by atoms with E-state index in [1.807, 2.05) is 24.3 Å². The molecule has 7 heteroatoms. The Morgan fingerprint density at radius 3 is 2.15 bits per heavy atom. The number of aliphatic carboxylic acids is 1. The number of fused-ring (bicyclic) bond motifs is 3. The monoisotopic (exact) mass is 464 g/mol. The fraction of sp³-hybridized carbons (Fsp3) is 0.444. The first-order valence-corrected chi connectivity index (χ1v) is 11.9. The molecule has 0 unspecified atom stereocenters. The first-order chi connectivity index (χ1) is 16.3. The second kappa shape index (κ2) is 9.87. The van der Waals surface area contributed by atoms with Crippen molar-refractivity contribution < 1.29 is 24.2 Å². The van der Waals surface area contributed by atoms with Crippen molar-refractivity contribution in [3.8, 4) is 11.1 Å². The number of hydrogen-bond donors (Lipinski definition) is 3. The molecule has 2 aliphatic carbocycles. The lowest BCUT2D eigenvalue weighted by Gasteiger charge is -2.36. The molecule has 0 spiro atoms. The number of carboxylic acid groups (broad SMARTS) is 1. The Morgan fingerprint density at radius 2 is 1.59 bits per heavy atom. The maximum Gasteiger partial charge on any atom is 0.407 e. The molecule has 4 rings (SSSR count). The summed E-state index contributed by atoms with van der Waals surface area (Å²) in [6, 6.07) is 15.7. The minimum absolute atomic E-state index is 0.0191. The molecule has 1 fully saturated rings. The number of benzene rings is 2. The number of carbonyl (C=O) groups is 3. The summed E-state index contributed by atoms with van der Waals surface area (Å²) in [5.41, 5.74) is 3.35. The molecular formula is C27H32N2O5. The Morgan fingerprint density at radius 1 is 1.03 bits per heavy atom. The van der Waals surface area contributed by atoms with Gasteiger partial charge in [0.25, 0.3) is 0 Å². The van der Waals surface area contributed by atoms with E-state index in [1.54, 1.807) is 6.92 Å². The lowest BCUT2D eigenvalue weighted by atomic mass is 9.77. The van der Waals surface area contributed by atoms with Crippen LogP contribution in [0.25, 0.3) is 11.1 Å². The summed E-state index contributed by atoms with van der Waals surface area (Å²) in [6.45, 7) is 3.99. The first kappa shape index (κ1) is 23.8. The maximum absolute atomic E-state index is 12.6. The molecule has 34 heavy (non-hydrogen) atoms. The molecule has 1 atom stereocenters. The van der Waals surface area contributed by atoms with Crippen LogP contribution in [-0.2, 0) is 14.3 Å². The van der Waals surface area contributed by atoms with E-state index in [2.05, 4.69) is 41.8 Å². The average molecular weight is 465 g/mol. The van der Waals surface area contributed by atoms with Crippen molar-refractivity contribution in [3.63, 3.8) is 0 Å². The van der Waals surface area contributed by atoms with Crippen molar-refractivity contribution in [1.82, 2.24) is 10.6 Å². The van der Waals surface area contributed by atoms with E-state index in [4.69, 9.17) is 4.74 Å². The van der Waals surface area contributed by atoms with Crippen LogP contribution in [0.2, 0.25) is 0 Å². The zero-order valence-electron chi connectivity index (χ0n) is 19.7. The summed E-state index contributed by atoms with van der Waals surface area (Å²) < 4.78 is 5.54. The van der Waals surface area contributed by atoms with Gasteiger partial charge in [0.2, 0.25) is 5.91 Å². The molecular weight excluding hydrogens is 432 g/mol. The number of hydrogen-bond acceptors (Lipinski definition) is 4. The highest BCUT2D eigenvalue weighted by atomic mass is 16.5. The van der Waals surface area contributed by atoms with Gasteiger partial charge in [-0.05, 0) is 60.8 Å². The molecule has 0 heterocycles. The van der Waals surface area contributed by atoms with Crippen LogP contribution >= 0.6 is 0 Å². The zero-order chi connectivity index (χ0) is 24.3. The predicted octanol–water partition coefficient (Wildman–Crippen LogP) is 4.45. The Hall–Kier alpha value is -3.35. The molecule has 2 aromatic carbocycles. The first-order valence-electron chi connectivity index (χ1n) is 11.9. The SMILES string of the molecule is CC1CCC(NC(=O)C[C@@H](C)NC(=O)OCC2c3ccccc3-c3ccccc32)(C(=O)O)CC1. The molecule has 0 aliphatic heterocycles. The van der Waals surface area contributed by atoms with Gasteiger partial charge >= 0.3 is 12.1 Å². The van der Waals surface area contributed by atoms with Crippen molar-refractivity contribution in [3.05, 3.63) is 59.7 Å². The van der Waals surface area contributed by atoms with Crippen LogP contribution in [0.1, 0.15) is 63.0 Å². The van der Waals surface area contributed by atoms with Crippen LogP contribution < -0.4 is 10.6 Å². The number of ether oxygens (including phenoxy) is 1. The molecule has 0 radical (unpaired) electrons. The molecule has 2 aromatic rings. The highest BCUT2D eigenvalue weighted by Crippen LogP contribution is 2.44. The Kier molecular flexibility index (Phi) is 6.91. The Bertz CT molecular complexity index is 1030. The van der Waals surface area contributed by atoms with Gasteiger partial charge in [-0.1, -0.05) is 55.5 Å². The molecule has 0 bridgehead atoms. The maximum atomic E-state index is 12.6. The summed E-state index contributed by atoms with van der Waals surface area (Å²) >= 11 is 0. The van der Waals surface area contributed by atoms with Crippen molar-refractivity contribution >= 4 is 18.0 Å². The van der Waals surface area contributed by atoms with Gasteiger partial charge in [-0.25, -0.2) is 9.59 Å². The average Bonchev–Trinajstić information content (AvgIpc) is 3.13. The number of rotatable bonds is 7. The quantitative estimate of drug-likeness (QED) is 0.561. The van der Waals surface area contributed by atoms with Crippen molar-refractivity contribution in [2.24, 2.45) is 5.92 Å². The van der Waals surface area contributed by atoms with Gasteiger partial charge in [0.15, 0.2) is 0 Å². The van der Waals surface area contributed by atoms with Crippen LogP contribution in [0.3, 0.4) is 0 Å². The highest BCUT2D eigenvalue weighted by Gasteiger charge is 2.42. The Balaban J connectivity index is 1.30. The van der Waals surface area contributed by atoms with E-state index in [1.165, 1.54) is 0 Å². The normalized spacial score (nSPS) is 22.2. The van der Waals surface area contributed by atoms with Gasteiger partial charge in [0, 0.05) is 18.4 Å². The third kappa shape index (κ3) is 4.93. The fourth-order valence-corrected chi connectivity index (χ4v) is 5.14. The van der Waals surface area contributed by atoms with E-state index in [0.29, 0.717) is 18.8 Å². The lowest BCUT2D eigenvalue weighted by molar-refractivity contribution is -0.149. The van der Waals surface area contributed by atoms with Gasteiger partial charge in [-0.15, -0.1) is 0 Å². The third-order valence-corrected chi connectivity index (χ3v) is 7.12. The fourth-order valence-electron chi connectivity index (χ4n) is 5.14. The molecule has 3 N–H and O–H groups in total. The van der Waals surface area contributed by atoms with E-state index in [-0.39, 0.29) is 24.9 Å². The summed E-state index contributed by atoms with van der Waals surface area (Å²) in [5, 5.41) is 15.1. The Labute approximate surface area is 199 Å². The van der Waals surface area contributed by atoms with Crippen LogP contribution in [0, 0.1) is 5.92 Å². The number of carbonyl (C=O) groups excluding carboxylic acids is 2. The number of carboxylic acids is 1. The largest absolute Gasteiger partial charge is 0.480 e. The van der Waals surface area contributed by atoms with Crippen molar-refractivity contribution in [2.45, 2.75) is 63.5 Å². The highest BCUT2D eigenvalue weighted by molar-refractivity contribution is 5.87. The van der Waals surface area contributed by atoms with Gasteiger partial charge < -0.3 is 20.5 Å². The number of amides is 2. The van der Waals surface area contributed by atoms with Crippen LogP contribution in [-0.4, -0.2) is 41.3 Å². The van der Waals surface area contributed by atoms with Crippen LogP contribution in [0.5, 0.6) is 0 Å². The molecule has 1 saturated carbocycles. The van der Waals surface area contributed by atoms with Gasteiger partial charge in [0.1, 0.15) is 12.1 Å². The summed E-state index contributed by atoms with van der Waals surface area (Å²) in [5.74, 6) is -0.965. The van der Waals surface area contributed by atoms with E-state index in [0.717, 1.165) is 35.1 Å². The number of alkyl carbamates (subject to hydrolysis) is 1. The van der Waals surface area contributed by atoms with Crippen molar-refractivity contribution in [2.75, 3.05) is 6.61 Å². The standard InChI is InChI=1S/C27H32N2O5/c1-17-11-13-27(14-12-17,25(31)32)29-24(30)15-18(2)28-26(33)34-16-23-21-9-5-3-7-19(21)20-8-4-6-10-22(20)23/h3-10,17-18,23H,11-16H2,1-2H3,(H,28,33)(H,29,30)(H,31,32)/t17?,18-,27?/m1/s1. The predicted molar refractivity (Wildman–Crippen MR) is 128 cm³/mol. The van der Waals surface area contributed by atoms with E-state index < -0.39 is 23.6 Å². The topological polar surface area (TPSA) is 105 Å². The zero-order valence-corrected chi connectivity index (χ0v) is 19.7. The second-order valence-electron chi connectivity index (χ2n) is 9.69. The molecule has 2 aliphatic rings. The second-order valence-corrected chi connectivity index (χ2v) is 9.69. The molecule has 180 valence electrons. The molecule has 0 aromatic heterocycles. The number of nitrogens with one attached hydrogen (secondary N) is 2. The van der Waals surface area contributed by atoms with E-state index in [9.17, 15) is 19.5 Å². The molecule has 0 saturated heterocycles. The molecule has 2 amide bonds. The smallest absolute Gasteiger partial charge is 0.407 e. The van der Waals surface area contributed by atoms with Gasteiger partial charge in [-0.2, -0.15) is 0 Å². The minimum Gasteiger partial charge on any atom is -0.480 e. The van der Waals surface area contributed by atoms with Gasteiger partial charge in [0.05, 0.1) is 0 Å². The van der Waals surface area contributed by atoms with Crippen LogP contribution in [0.15, 0.2) is 48.5 Å².